The Labute approximate surface area is 73.1 Å². The van der Waals surface area contributed by atoms with Crippen LogP contribution in [0.3, 0.4) is 0 Å². The van der Waals surface area contributed by atoms with Crippen molar-refractivity contribution < 1.29 is 8.42 Å². The van der Waals surface area contributed by atoms with Crippen molar-refractivity contribution in [3.63, 3.8) is 0 Å². The zero-order valence-corrected chi connectivity index (χ0v) is 7.97. The van der Waals surface area contributed by atoms with Crippen molar-refractivity contribution >= 4 is 10.2 Å². The molecule has 12 heavy (non-hydrogen) atoms. The SMILES string of the molecule is CCNS(=O)(=O)N1CC[C@H](N)C1. The fourth-order valence-corrected chi connectivity index (χ4v) is 2.53. The highest BCUT2D eigenvalue weighted by Crippen LogP contribution is 2.10. The number of nitrogens with zero attached hydrogens (tertiary/aromatic N) is 1. The maximum absolute atomic E-state index is 11.3. The van der Waals surface area contributed by atoms with E-state index in [1.165, 1.54) is 4.31 Å². The minimum atomic E-state index is -3.24. The molecule has 6 heteroatoms. The third kappa shape index (κ3) is 2.16. The van der Waals surface area contributed by atoms with E-state index in [-0.39, 0.29) is 6.04 Å². The summed E-state index contributed by atoms with van der Waals surface area (Å²) in [6.07, 6.45) is 0.755. The topological polar surface area (TPSA) is 75.4 Å². The van der Waals surface area contributed by atoms with Gasteiger partial charge in [-0.05, 0) is 6.42 Å². The Balaban J connectivity index is 2.58. The molecule has 1 heterocycles. The van der Waals surface area contributed by atoms with Gasteiger partial charge in [-0.2, -0.15) is 12.7 Å². The van der Waals surface area contributed by atoms with Crippen LogP contribution in [0.25, 0.3) is 0 Å². The lowest BCUT2D eigenvalue weighted by molar-refractivity contribution is 0.462. The molecule has 0 saturated carbocycles. The van der Waals surface area contributed by atoms with Crippen molar-refractivity contribution in [1.82, 2.24) is 9.03 Å². The summed E-state index contributed by atoms with van der Waals surface area (Å²) in [5.74, 6) is 0. The highest BCUT2D eigenvalue weighted by atomic mass is 32.2. The van der Waals surface area contributed by atoms with Crippen molar-refractivity contribution in [2.75, 3.05) is 19.6 Å². The van der Waals surface area contributed by atoms with E-state index >= 15 is 0 Å². The van der Waals surface area contributed by atoms with Crippen LogP contribution in [0.5, 0.6) is 0 Å². The molecule has 1 atom stereocenters. The monoisotopic (exact) mass is 193 g/mol. The average Bonchev–Trinajstić information content (AvgIpc) is 2.36. The molecule has 0 aromatic rings. The van der Waals surface area contributed by atoms with Crippen LogP contribution >= 0.6 is 0 Å². The first-order valence-corrected chi connectivity index (χ1v) is 5.50. The van der Waals surface area contributed by atoms with Crippen LogP contribution in [0.4, 0.5) is 0 Å². The van der Waals surface area contributed by atoms with E-state index in [2.05, 4.69) is 4.72 Å². The molecular weight excluding hydrogens is 178 g/mol. The van der Waals surface area contributed by atoms with Gasteiger partial charge in [-0.25, -0.2) is 4.72 Å². The molecule has 1 aliphatic heterocycles. The summed E-state index contributed by atoms with van der Waals surface area (Å²) in [6, 6.07) is -0.00145. The Bertz CT molecular complexity index is 239. The van der Waals surface area contributed by atoms with Crippen LogP contribution < -0.4 is 10.5 Å². The molecule has 0 aromatic heterocycles. The van der Waals surface area contributed by atoms with Gasteiger partial charge >= 0.3 is 0 Å². The Kier molecular flexibility index (Phi) is 3.05. The number of hydrogen-bond acceptors (Lipinski definition) is 3. The molecule has 0 radical (unpaired) electrons. The smallest absolute Gasteiger partial charge is 0.279 e. The predicted octanol–water partition coefficient (Wildman–Crippen LogP) is -1.13. The molecule has 0 aromatic carbocycles. The van der Waals surface area contributed by atoms with Crippen LogP contribution in [0, 0.1) is 0 Å². The molecule has 0 aliphatic carbocycles. The first kappa shape index (κ1) is 9.91. The van der Waals surface area contributed by atoms with Crippen LogP contribution in [0.15, 0.2) is 0 Å². The molecule has 0 bridgehead atoms. The van der Waals surface area contributed by atoms with E-state index in [4.69, 9.17) is 5.73 Å². The highest BCUT2D eigenvalue weighted by Gasteiger charge is 2.28. The van der Waals surface area contributed by atoms with Crippen molar-refractivity contribution in [1.29, 1.82) is 0 Å². The zero-order valence-electron chi connectivity index (χ0n) is 7.16. The molecule has 1 fully saturated rings. The zero-order chi connectivity index (χ0) is 9.19. The van der Waals surface area contributed by atoms with E-state index < -0.39 is 10.2 Å². The third-order valence-corrected chi connectivity index (χ3v) is 3.52. The Morgan fingerprint density at radius 3 is 2.75 bits per heavy atom. The minimum Gasteiger partial charge on any atom is -0.326 e. The fourth-order valence-electron chi connectivity index (χ4n) is 1.25. The standard InChI is InChI=1S/C6H15N3O2S/c1-2-8-12(10,11)9-4-3-6(7)5-9/h6,8H,2-5,7H2,1H3/t6-/m0/s1. The van der Waals surface area contributed by atoms with Crippen molar-refractivity contribution in [2.24, 2.45) is 5.73 Å². The summed E-state index contributed by atoms with van der Waals surface area (Å²) in [5, 5.41) is 0. The lowest BCUT2D eigenvalue weighted by Crippen LogP contribution is -2.40. The second kappa shape index (κ2) is 3.69. The Morgan fingerprint density at radius 2 is 2.33 bits per heavy atom. The van der Waals surface area contributed by atoms with Crippen LogP contribution in [-0.2, 0) is 10.2 Å². The quantitative estimate of drug-likeness (QED) is 0.596. The van der Waals surface area contributed by atoms with Gasteiger partial charge in [0.25, 0.3) is 10.2 Å². The van der Waals surface area contributed by atoms with Gasteiger partial charge in [-0.3, -0.25) is 0 Å². The maximum atomic E-state index is 11.3. The normalized spacial score (nSPS) is 26.3. The third-order valence-electron chi connectivity index (χ3n) is 1.85. The second-order valence-electron chi connectivity index (χ2n) is 2.91. The fraction of sp³-hybridized carbons (Fsp3) is 1.00. The van der Waals surface area contributed by atoms with Gasteiger partial charge in [0.2, 0.25) is 0 Å². The molecule has 0 unspecified atom stereocenters. The summed E-state index contributed by atoms with van der Waals surface area (Å²) < 4.78 is 26.5. The van der Waals surface area contributed by atoms with Crippen LogP contribution in [-0.4, -0.2) is 38.4 Å². The maximum Gasteiger partial charge on any atom is 0.279 e. The molecular formula is C6H15N3O2S. The van der Waals surface area contributed by atoms with Gasteiger partial charge in [0.15, 0.2) is 0 Å². The molecule has 0 amide bonds. The molecule has 72 valence electrons. The summed E-state index contributed by atoms with van der Waals surface area (Å²) >= 11 is 0. The van der Waals surface area contributed by atoms with Gasteiger partial charge in [0.05, 0.1) is 0 Å². The minimum absolute atomic E-state index is 0.00145. The Hall–Kier alpha value is -0.170. The van der Waals surface area contributed by atoms with E-state index in [0.717, 1.165) is 6.42 Å². The Morgan fingerprint density at radius 1 is 1.67 bits per heavy atom. The number of nitrogens with one attached hydrogen (secondary N) is 1. The number of nitrogens with two attached hydrogens (primary N) is 1. The van der Waals surface area contributed by atoms with Crippen molar-refractivity contribution in [3.05, 3.63) is 0 Å². The van der Waals surface area contributed by atoms with Gasteiger partial charge < -0.3 is 5.73 Å². The van der Waals surface area contributed by atoms with E-state index in [1.807, 2.05) is 0 Å². The van der Waals surface area contributed by atoms with E-state index in [0.29, 0.717) is 19.6 Å². The van der Waals surface area contributed by atoms with Crippen LogP contribution in [0.1, 0.15) is 13.3 Å². The summed E-state index contributed by atoms with van der Waals surface area (Å²) in [6.45, 7) is 3.16. The lowest BCUT2D eigenvalue weighted by atomic mass is 10.3. The molecule has 5 nitrogen and oxygen atoms in total. The average molecular weight is 193 g/mol. The van der Waals surface area contributed by atoms with Gasteiger partial charge in [-0.15, -0.1) is 0 Å². The summed E-state index contributed by atoms with van der Waals surface area (Å²) in [5.41, 5.74) is 5.58. The summed E-state index contributed by atoms with van der Waals surface area (Å²) in [7, 11) is -3.24. The lowest BCUT2D eigenvalue weighted by Gasteiger charge is -2.15. The van der Waals surface area contributed by atoms with E-state index in [1.54, 1.807) is 6.92 Å². The first-order chi connectivity index (χ1) is 5.56. The van der Waals surface area contributed by atoms with Gasteiger partial charge in [0, 0.05) is 25.7 Å². The van der Waals surface area contributed by atoms with Crippen molar-refractivity contribution in [3.8, 4) is 0 Å². The molecule has 1 rings (SSSR count). The highest BCUT2D eigenvalue weighted by molar-refractivity contribution is 7.87. The predicted molar refractivity (Wildman–Crippen MR) is 46.8 cm³/mol. The van der Waals surface area contributed by atoms with Gasteiger partial charge in [-0.1, -0.05) is 6.92 Å². The molecule has 3 N–H and O–H groups in total. The molecule has 1 aliphatic rings. The second-order valence-corrected chi connectivity index (χ2v) is 4.66. The first-order valence-electron chi connectivity index (χ1n) is 4.06. The van der Waals surface area contributed by atoms with E-state index in [9.17, 15) is 8.42 Å². The number of hydrogen-bond donors (Lipinski definition) is 2. The molecule has 1 saturated heterocycles. The molecule has 0 spiro atoms. The van der Waals surface area contributed by atoms with Gasteiger partial charge in [0.1, 0.15) is 0 Å². The van der Waals surface area contributed by atoms with Crippen molar-refractivity contribution in [2.45, 2.75) is 19.4 Å². The number of rotatable bonds is 3. The summed E-state index contributed by atoms with van der Waals surface area (Å²) in [4.78, 5) is 0. The largest absolute Gasteiger partial charge is 0.326 e. The van der Waals surface area contributed by atoms with Crippen LogP contribution in [0.2, 0.25) is 0 Å².